The van der Waals surface area contributed by atoms with Gasteiger partial charge in [-0.3, -0.25) is 0 Å². The van der Waals surface area contributed by atoms with Crippen LogP contribution < -0.4 is 0 Å². The second-order valence-corrected chi connectivity index (χ2v) is 22.5. The van der Waals surface area contributed by atoms with Gasteiger partial charge in [0.25, 0.3) is 0 Å². The summed E-state index contributed by atoms with van der Waals surface area (Å²) in [6.07, 6.45) is 0. The lowest BCUT2D eigenvalue weighted by molar-refractivity contribution is 0.660. The smallest absolute Gasteiger partial charge is 0.0159 e. The predicted octanol–water partition coefficient (Wildman–Crippen LogP) is 18.2. The topological polar surface area (TPSA) is 0 Å². The van der Waals surface area contributed by atoms with E-state index < -0.39 is 0 Å². The van der Waals surface area contributed by atoms with E-state index in [4.69, 9.17) is 0 Å². The Morgan fingerprint density at radius 1 is 0.221 bits per heavy atom. The van der Waals surface area contributed by atoms with Crippen LogP contribution in [0.25, 0.3) is 89.0 Å². The Hall–Kier alpha value is -7.02. The summed E-state index contributed by atoms with van der Waals surface area (Å²) in [7, 11) is 0. The van der Waals surface area contributed by atoms with E-state index >= 15 is 0 Å². The number of benzene rings is 9. The highest BCUT2D eigenvalue weighted by atomic mass is 14.4. The summed E-state index contributed by atoms with van der Waals surface area (Å²) in [5, 5.41) is 0. The predicted molar refractivity (Wildman–Crippen MR) is 288 cm³/mol. The van der Waals surface area contributed by atoms with Crippen molar-refractivity contribution in [3.63, 3.8) is 0 Å². The molecule has 0 nitrogen and oxygen atoms in total. The summed E-state index contributed by atoms with van der Waals surface area (Å²) in [5.74, 6) is 0. The zero-order valence-electron chi connectivity index (χ0n) is 41.2. The molecule has 0 N–H and O–H groups in total. The molecular formula is C68H58. The first kappa shape index (κ1) is 41.2. The van der Waals surface area contributed by atoms with Crippen LogP contribution in [0.5, 0.6) is 0 Å². The Morgan fingerprint density at radius 3 is 0.632 bits per heavy atom. The van der Waals surface area contributed by atoms with Crippen LogP contribution in [0.15, 0.2) is 170 Å². The summed E-state index contributed by atoms with van der Waals surface area (Å²) < 4.78 is 0. The monoisotopic (exact) mass is 874 g/mol. The summed E-state index contributed by atoms with van der Waals surface area (Å²) in [5.41, 5.74) is 34.5. The molecule has 0 aromatic heterocycles. The molecule has 0 amide bonds. The molecule has 0 radical (unpaired) electrons. The van der Waals surface area contributed by atoms with Gasteiger partial charge in [-0.05, 0) is 183 Å². The number of rotatable bonds is 4. The van der Waals surface area contributed by atoms with Crippen molar-refractivity contribution in [1.29, 1.82) is 0 Å². The molecule has 0 fully saturated rings. The molecule has 0 heteroatoms. The molecule has 0 saturated heterocycles. The van der Waals surface area contributed by atoms with Crippen molar-refractivity contribution in [2.24, 2.45) is 0 Å². The Morgan fingerprint density at radius 2 is 0.412 bits per heavy atom. The lowest BCUT2D eigenvalue weighted by Gasteiger charge is -2.29. The molecule has 0 aliphatic heterocycles. The molecule has 330 valence electrons. The fraction of sp³-hybridized carbons (Fsp3) is 0.206. The average Bonchev–Trinajstić information content (AvgIpc) is 3.91. The minimum absolute atomic E-state index is 0.132. The van der Waals surface area contributed by atoms with E-state index in [9.17, 15) is 0 Å². The maximum absolute atomic E-state index is 2.55. The van der Waals surface area contributed by atoms with Crippen molar-refractivity contribution in [3.8, 4) is 89.0 Å². The van der Waals surface area contributed by atoms with Gasteiger partial charge < -0.3 is 0 Å². The normalized spacial score (nSPS) is 16.3. The van der Waals surface area contributed by atoms with E-state index in [1.807, 2.05) is 0 Å². The molecule has 4 aliphatic carbocycles. The van der Waals surface area contributed by atoms with Gasteiger partial charge in [-0.1, -0.05) is 201 Å². The fourth-order valence-corrected chi connectivity index (χ4v) is 13.9. The molecule has 0 heterocycles. The number of fused-ring (bicyclic) bond motifs is 12. The number of hydrogen-bond acceptors (Lipinski definition) is 0. The molecule has 0 saturated carbocycles. The van der Waals surface area contributed by atoms with E-state index in [0.717, 1.165) is 0 Å². The first-order valence-corrected chi connectivity index (χ1v) is 24.8. The van der Waals surface area contributed by atoms with Gasteiger partial charge in [0.2, 0.25) is 0 Å². The minimum Gasteiger partial charge on any atom is -0.0619 e. The van der Waals surface area contributed by atoms with Gasteiger partial charge in [-0.25, -0.2) is 0 Å². The maximum Gasteiger partial charge on any atom is 0.0159 e. The van der Waals surface area contributed by atoms with Gasteiger partial charge in [-0.15, -0.1) is 0 Å². The lowest BCUT2D eigenvalue weighted by atomic mass is 9.74. The molecule has 0 atom stereocenters. The third-order valence-corrected chi connectivity index (χ3v) is 17.5. The standard InChI is InChI=1S/C68H58/c1-39-61(41-27-31-49-45-19-11-15-23-53(45)65(3,4)57(49)35-41)63(43-29-33-51-47-21-13-17-25-55(47)67(7,8)59(51)37-43)40(2)64(44-30-34-52-48-22-14-18-26-56(48)68(9,10)60(52)38-44)62(39)42-28-32-50-46-20-12-16-24-54(46)66(5,6)58(50)36-42/h11-38H,1-10H3. The second-order valence-electron chi connectivity index (χ2n) is 22.5. The van der Waals surface area contributed by atoms with Crippen molar-refractivity contribution in [1.82, 2.24) is 0 Å². The van der Waals surface area contributed by atoms with Crippen LogP contribution in [0.3, 0.4) is 0 Å². The first-order valence-electron chi connectivity index (χ1n) is 24.8. The summed E-state index contributed by atoms with van der Waals surface area (Å²) in [6.45, 7) is 24.1. The van der Waals surface area contributed by atoms with Gasteiger partial charge >= 0.3 is 0 Å². The summed E-state index contributed by atoms with van der Waals surface area (Å²) >= 11 is 0. The van der Waals surface area contributed by atoms with Crippen LogP contribution in [-0.4, -0.2) is 0 Å². The quantitative estimate of drug-likeness (QED) is 0.165. The Labute approximate surface area is 403 Å². The van der Waals surface area contributed by atoms with Crippen molar-refractivity contribution in [2.45, 2.75) is 90.9 Å². The Kier molecular flexibility index (Phi) is 8.36. The minimum atomic E-state index is -0.132. The molecule has 9 aromatic rings. The summed E-state index contributed by atoms with van der Waals surface area (Å²) in [6, 6.07) is 65.7. The van der Waals surface area contributed by atoms with Crippen molar-refractivity contribution in [3.05, 3.63) is 225 Å². The molecular weight excluding hydrogens is 817 g/mol. The molecule has 0 unspecified atom stereocenters. The van der Waals surface area contributed by atoms with Gasteiger partial charge in [0, 0.05) is 21.7 Å². The maximum atomic E-state index is 2.55. The van der Waals surface area contributed by atoms with Crippen LogP contribution in [0.2, 0.25) is 0 Å². The fourth-order valence-electron chi connectivity index (χ4n) is 13.9. The number of hydrogen-bond donors (Lipinski definition) is 0. The van der Waals surface area contributed by atoms with E-state index in [2.05, 4.69) is 239 Å². The SMILES string of the molecule is Cc1c(-c2ccc3c(c2)C(C)(C)c2ccccc2-3)c(-c2ccc3c(c2)C(C)(C)c2ccccc2-3)c(C)c(-c2ccc3c(c2)C(C)(C)c2ccccc2-3)c1-c1ccc2c(c1)C(C)(C)c1ccccc1-2. The van der Waals surface area contributed by atoms with Crippen LogP contribution in [0.1, 0.15) is 111 Å². The van der Waals surface area contributed by atoms with E-state index in [0.29, 0.717) is 0 Å². The average molecular weight is 875 g/mol. The van der Waals surface area contributed by atoms with Crippen LogP contribution >= 0.6 is 0 Å². The molecule has 9 aromatic carbocycles. The lowest BCUT2D eigenvalue weighted by Crippen LogP contribution is -2.15. The molecule has 13 rings (SSSR count). The van der Waals surface area contributed by atoms with E-state index in [1.54, 1.807) is 0 Å². The van der Waals surface area contributed by atoms with Gasteiger partial charge in [0.15, 0.2) is 0 Å². The summed E-state index contributed by atoms with van der Waals surface area (Å²) in [4.78, 5) is 0. The van der Waals surface area contributed by atoms with Crippen molar-refractivity contribution >= 4 is 0 Å². The Balaban J connectivity index is 1.13. The van der Waals surface area contributed by atoms with Crippen LogP contribution in [0, 0.1) is 13.8 Å². The van der Waals surface area contributed by atoms with E-state index in [-0.39, 0.29) is 21.7 Å². The highest BCUT2D eigenvalue weighted by molar-refractivity contribution is 6.03. The Bertz CT molecular complexity index is 3210. The molecule has 0 bridgehead atoms. The van der Waals surface area contributed by atoms with Crippen LogP contribution in [-0.2, 0) is 21.7 Å². The molecule has 0 spiro atoms. The molecule has 4 aliphatic rings. The van der Waals surface area contributed by atoms with Gasteiger partial charge in [-0.2, -0.15) is 0 Å². The zero-order valence-corrected chi connectivity index (χ0v) is 41.2. The van der Waals surface area contributed by atoms with Crippen molar-refractivity contribution < 1.29 is 0 Å². The third-order valence-electron chi connectivity index (χ3n) is 17.5. The first-order chi connectivity index (χ1) is 32.6. The highest BCUT2D eigenvalue weighted by Gasteiger charge is 2.40. The second kappa shape index (κ2) is 13.8. The molecule has 68 heavy (non-hydrogen) atoms. The van der Waals surface area contributed by atoms with E-state index in [1.165, 1.54) is 145 Å². The van der Waals surface area contributed by atoms with Crippen LogP contribution in [0.4, 0.5) is 0 Å². The third kappa shape index (κ3) is 5.32. The van der Waals surface area contributed by atoms with Gasteiger partial charge in [0.05, 0.1) is 0 Å². The largest absolute Gasteiger partial charge is 0.0619 e. The highest BCUT2D eigenvalue weighted by Crippen LogP contribution is 2.58. The zero-order chi connectivity index (χ0) is 46.8. The van der Waals surface area contributed by atoms with Gasteiger partial charge in [0.1, 0.15) is 0 Å². The van der Waals surface area contributed by atoms with Crippen molar-refractivity contribution in [2.75, 3.05) is 0 Å².